The Kier molecular flexibility index (Phi) is 9.76. The van der Waals surface area contributed by atoms with Crippen LogP contribution in [0.1, 0.15) is 5.56 Å². The van der Waals surface area contributed by atoms with Crippen molar-refractivity contribution in [2.75, 3.05) is 6.54 Å². The van der Waals surface area contributed by atoms with Crippen molar-refractivity contribution in [1.82, 2.24) is 10.3 Å². The van der Waals surface area contributed by atoms with E-state index in [9.17, 15) is 4.79 Å². The average Bonchev–Trinajstić information content (AvgIpc) is 2.05. The summed E-state index contributed by atoms with van der Waals surface area (Å²) in [5.74, 6) is -0.343. The minimum atomic E-state index is -0.343. The van der Waals surface area contributed by atoms with Crippen LogP contribution in [0.4, 0.5) is 0 Å². The fourth-order valence-corrected chi connectivity index (χ4v) is 0.831. The van der Waals surface area contributed by atoms with E-state index in [2.05, 4.69) is 10.3 Å². The summed E-state index contributed by atoms with van der Waals surface area (Å²) >= 11 is 0. The van der Waals surface area contributed by atoms with E-state index in [1.54, 1.807) is 12.4 Å². The third-order valence-electron chi connectivity index (χ3n) is 1.38. The molecule has 80 valence electrons. The molecule has 3 N–H and O–H groups in total. The summed E-state index contributed by atoms with van der Waals surface area (Å²) in [5, 5.41) is 2.90. The predicted octanol–water partition coefficient (Wildman–Crippen LogP) is 0.500. The van der Waals surface area contributed by atoms with Gasteiger partial charge in [-0.25, -0.2) is 0 Å². The summed E-state index contributed by atoms with van der Waals surface area (Å²) in [7, 11) is 0. The zero-order valence-corrected chi connectivity index (χ0v) is 9.11. The van der Waals surface area contributed by atoms with Crippen molar-refractivity contribution in [3.63, 3.8) is 0 Å². The smallest absolute Gasteiger partial charge is 0.231 e. The van der Waals surface area contributed by atoms with Gasteiger partial charge in [0.1, 0.15) is 0 Å². The van der Waals surface area contributed by atoms with Crippen LogP contribution in [-0.2, 0) is 11.3 Å². The zero-order chi connectivity index (χ0) is 8.81. The highest BCUT2D eigenvalue weighted by Gasteiger charge is 1.93. The molecule has 0 aliphatic rings. The van der Waals surface area contributed by atoms with Crippen molar-refractivity contribution < 1.29 is 4.79 Å². The number of halogens is 2. The van der Waals surface area contributed by atoms with Gasteiger partial charge >= 0.3 is 0 Å². The molecule has 1 heterocycles. The largest absolute Gasteiger partial charge is 0.369 e. The molecule has 0 saturated carbocycles. The number of aromatic nitrogens is 1. The third kappa shape index (κ3) is 6.65. The number of primary amides is 1. The highest BCUT2D eigenvalue weighted by molar-refractivity contribution is 5.85. The summed E-state index contributed by atoms with van der Waals surface area (Å²) in [6, 6.07) is 3.77. The van der Waals surface area contributed by atoms with Gasteiger partial charge in [-0.3, -0.25) is 9.78 Å². The molecule has 1 amide bonds. The molecule has 6 heteroatoms. The van der Waals surface area contributed by atoms with Crippen molar-refractivity contribution in [2.24, 2.45) is 5.73 Å². The van der Waals surface area contributed by atoms with E-state index in [0.717, 1.165) is 5.56 Å². The standard InChI is InChI=1S/C8H11N3O.2ClH/c9-8(12)6-11-5-7-1-3-10-4-2-7;;/h1-4,11H,5-6H2,(H2,9,12);2*1H. The summed E-state index contributed by atoms with van der Waals surface area (Å²) in [4.78, 5) is 14.2. The molecule has 0 radical (unpaired) electrons. The Balaban J connectivity index is 0. The Hall–Kier alpha value is -0.840. The number of hydrogen-bond donors (Lipinski definition) is 2. The Morgan fingerprint density at radius 2 is 1.93 bits per heavy atom. The first-order valence-electron chi connectivity index (χ1n) is 3.67. The second-order valence-corrected chi connectivity index (χ2v) is 2.43. The maximum Gasteiger partial charge on any atom is 0.231 e. The lowest BCUT2D eigenvalue weighted by Gasteiger charge is -2.00. The van der Waals surface area contributed by atoms with Crippen LogP contribution >= 0.6 is 24.8 Å². The van der Waals surface area contributed by atoms with Crippen LogP contribution < -0.4 is 11.1 Å². The minimum absolute atomic E-state index is 0. The monoisotopic (exact) mass is 237 g/mol. The lowest BCUT2D eigenvalue weighted by atomic mass is 10.3. The molecule has 0 aliphatic heterocycles. The molecule has 0 saturated heterocycles. The number of carbonyl (C=O) groups excluding carboxylic acids is 1. The summed E-state index contributed by atoms with van der Waals surface area (Å²) < 4.78 is 0. The normalized spacial score (nSPS) is 8.29. The van der Waals surface area contributed by atoms with Crippen molar-refractivity contribution >= 4 is 30.7 Å². The lowest BCUT2D eigenvalue weighted by molar-refractivity contribution is -0.117. The maximum atomic E-state index is 10.3. The zero-order valence-electron chi connectivity index (χ0n) is 7.47. The Morgan fingerprint density at radius 1 is 1.36 bits per heavy atom. The Labute approximate surface area is 95.1 Å². The van der Waals surface area contributed by atoms with Crippen LogP contribution in [0.25, 0.3) is 0 Å². The van der Waals surface area contributed by atoms with Gasteiger partial charge < -0.3 is 11.1 Å². The van der Waals surface area contributed by atoms with Crippen molar-refractivity contribution in [3.8, 4) is 0 Å². The average molecular weight is 238 g/mol. The van der Waals surface area contributed by atoms with Crippen LogP contribution in [0.15, 0.2) is 24.5 Å². The van der Waals surface area contributed by atoms with Crippen LogP contribution in [0.5, 0.6) is 0 Å². The van der Waals surface area contributed by atoms with E-state index in [4.69, 9.17) is 5.73 Å². The predicted molar refractivity (Wildman–Crippen MR) is 59.6 cm³/mol. The molecular weight excluding hydrogens is 225 g/mol. The Bertz CT molecular complexity index is 256. The fraction of sp³-hybridized carbons (Fsp3) is 0.250. The SMILES string of the molecule is Cl.Cl.NC(=O)CNCc1ccncc1. The van der Waals surface area contributed by atoms with Crippen molar-refractivity contribution in [1.29, 1.82) is 0 Å². The molecule has 0 fully saturated rings. The van der Waals surface area contributed by atoms with Gasteiger partial charge in [-0.05, 0) is 17.7 Å². The highest BCUT2D eigenvalue weighted by Crippen LogP contribution is 1.93. The molecule has 0 unspecified atom stereocenters. The minimum Gasteiger partial charge on any atom is -0.369 e. The number of pyridine rings is 1. The van der Waals surface area contributed by atoms with Crippen LogP contribution in [0, 0.1) is 0 Å². The highest BCUT2D eigenvalue weighted by atomic mass is 35.5. The molecule has 4 nitrogen and oxygen atoms in total. The Morgan fingerprint density at radius 3 is 2.43 bits per heavy atom. The fourth-order valence-electron chi connectivity index (χ4n) is 0.831. The number of carbonyl (C=O) groups is 1. The van der Waals surface area contributed by atoms with E-state index in [0.29, 0.717) is 6.54 Å². The first-order chi connectivity index (χ1) is 5.79. The number of rotatable bonds is 4. The molecule has 0 aliphatic carbocycles. The van der Waals surface area contributed by atoms with Crippen molar-refractivity contribution in [2.45, 2.75) is 6.54 Å². The molecule has 0 aromatic carbocycles. The van der Waals surface area contributed by atoms with Gasteiger partial charge in [-0.2, -0.15) is 0 Å². The van der Waals surface area contributed by atoms with E-state index in [1.165, 1.54) is 0 Å². The van der Waals surface area contributed by atoms with Crippen LogP contribution in [0.2, 0.25) is 0 Å². The van der Waals surface area contributed by atoms with Crippen molar-refractivity contribution in [3.05, 3.63) is 30.1 Å². The van der Waals surface area contributed by atoms with E-state index >= 15 is 0 Å². The summed E-state index contributed by atoms with van der Waals surface area (Å²) in [5.41, 5.74) is 6.03. The maximum absolute atomic E-state index is 10.3. The second-order valence-electron chi connectivity index (χ2n) is 2.43. The van der Waals surface area contributed by atoms with Gasteiger partial charge in [0.2, 0.25) is 5.91 Å². The molecule has 0 bridgehead atoms. The number of nitrogens with one attached hydrogen (secondary N) is 1. The van der Waals surface area contributed by atoms with Gasteiger partial charge in [0.15, 0.2) is 0 Å². The van der Waals surface area contributed by atoms with Crippen LogP contribution in [-0.4, -0.2) is 17.4 Å². The topological polar surface area (TPSA) is 68.0 Å². The molecule has 14 heavy (non-hydrogen) atoms. The van der Waals surface area contributed by atoms with Gasteiger partial charge in [-0.1, -0.05) is 0 Å². The van der Waals surface area contributed by atoms with E-state index < -0.39 is 0 Å². The number of amides is 1. The first kappa shape index (κ1) is 15.6. The molecular formula is C8H13Cl2N3O. The molecule has 1 aromatic heterocycles. The van der Waals surface area contributed by atoms with Crippen LogP contribution in [0.3, 0.4) is 0 Å². The van der Waals surface area contributed by atoms with Gasteiger partial charge in [0, 0.05) is 18.9 Å². The summed E-state index contributed by atoms with van der Waals surface area (Å²) in [6.07, 6.45) is 3.42. The summed E-state index contributed by atoms with van der Waals surface area (Å²) in [6.45, 7) is 0.855. The number of hydrogen-bond acceptors (Lipinski definition) is 3. The quantitative estimate of drug-likeness (QED) is 0.802. The molecule has 0 atom stereocenters. The van der Waals surface area contributed by atoms with Gasteiger partial charge in [0.25, 0.3) is 0 Å². The van der Waals surface area contributed by atoms with E-state index in [1.807, 2.05) is 12.1 Å². The second kappa shape index (κ2) is 8.74. The number of nitrogens with two attached hydrogens (primary N) is 1. The third-order valence-corrected chi connectivity index (χ3v) is 1.38. The number of nitrogens with zero attached hydrogens (tertiary/aromatic N) is 1. The molecule has 1 rings (SSSR count). The van der Waals surface area contributed by atoms with E-state index in [-0.39, 0.29) is 37.3 Å². The van der Waals surface area contributed by atoms with Gasteiger partial charge in [-0.15, -0.1) is 24.8 Å². The molecule has 0 spiro atoms. The molecule has 1 aromatic rings. The first-order valence-corrected chi connectivity index (χ1v) is 3.67. The van der Waals surface area contributed by atoms with Gasteiger partial charge in [0.05, 0.1) is 6.54 Å². The lowest BCUT2D eigenvalue weighted by Crippen LogP contribution is -2.28.